The van der Waals surface area contributed by atoms with Crippen LogP contribution in [0.3, 0.4) is 0 Å². The maximum absolute atomic E-state index is 13.2. The molecule has 0 aromatic heterocycles. The zero-order valence-corrected chi connectivity index (χ0v) is 9.92. The third-order valence-corrected chi connectivity index (χ3v) is 2.20. The molecule has 0 bridgehead atoms. The molecule has 1 aromatic rings. The number of amides is 1. The molecule has 1 amide bonds. The van der Waals surface area contributed by atoms with Crippen molar-refractivity contribution in [2.45, 2.75) is 6.42 Å². The van der Waals surface area contributed by atoms with Crippen LogP contribution < -0.4 is 11.1 Å². The van der Waals surface area contributed by atoms with Gasteiger partial charge in [-0.3, -0.25) is 4.79 Å². The van der Waals surface area contributed by atoms with Gasteiger partial charge in [0.15, 0.2) is 0 Å². The normalized spacial score (nSPS) is 10.4. The van der Waals surface area contributed by atoms with E-state index in [1.807, 2.05) is 0 Å². The molecule has 1 rings (SSSR count). The van der Waals surface area contributed by atoms with Crippen LogP contribution in [0.25, 0.3) is 0 Å². The summed E-state index contributed by atoms with van der Waals surface area (Å²) in [6, 6.07) is 3.30. The molecule has 0 radical (unpaired) electrons. The van der Waals surface area contributed by atoms with Crippen LogP contribution in [0, 0.1) is 11.6 Å². The molecule has 1 aromatic carbocycles. The molecule has 0 saturated heterocycles. The maximum Gasteiger partial charge on any atom is 0.257 e. The molecule has 0 unspecified atom stereocenters. The van der Waals surface area contributed by atoms with Gasteiger partial charge in [0, 0.05) is 19.7 Å². The molecular weight excluding hydrogens is 242 g/mol. The second kappa shape index (κ2) is 7.73. The standard InChI is InChI=1S/C12H16F2N2O2/c13-9-3-1-4-10(14)11(9)12(17)16-6-2-7-18-8-5-15/h1,3-4H,2,5-8,15H2,(H,16,17). The van der Waals surface area contributed by atoms with Crippen molar-refractivity contribution < 1.29 is 18.3 Å². The summed E-state index contributed by atoms with van der Waals surface area (Å²) in [5, 5.41) is 2.43. The fourth-order valence-corrected chi connectivity index (χ4v) is 1.36. The first kappa shape index (κ1) is 14.5. The van der Waals surface area contributed by atoms with Gasteiger partial charge in [-0.25, -0.2) is 8.78 Å². The van der Waals surface area contributed by atoms with Gasteiger partial charge in [-0.1, -0.05) is 6.07 Å². The molecule has 0 fully saturated rings. The lowest BCUT2D eigenvalue weighted by Gasteiger charge is -2.07. The average molecular weight is 258 g/mol. The summed E-state index contributed by atoms with van der Waals surface area (Å²) in [7, 11) is 0. The zero-order valence-electron chi connectivity index (χ0n) is 9.92. The van der Waals surface area contributed by atoms with E-state index in [0.717, 1.165) is 12.1 Å². The van der Waals surface area contributed by atoms with Gasteiger partial charge in [-0.2, -0.15) is 0 Å². The van der Waals surface area contributed by atoms with Gasteiger partial charge < -0.3 is 15.8 Å². The van der Waals surface area contributed by atoms with Gasteiger partial charge in [0.2, 0.25) is 0 Å². The Hall–Kier alpha value is -1.53. The van der Waals surface area contributed by atoms with Crippen molar-refractivity contribution in [1.82, 2.24) is 5.32 Å². The highest BCUT2D eigenvalue weighted by Crippen LogP contribution is 2.11. The lowest BCUT2D eigenvalue weighted by molar-refractivity contribution is 0.0934. The Balaban J connectivity index is 2.37. The highest BCUT2D eigenvalue weighted by atomic mass is 19.1. The molecule has 6 heteroatoms. The number of carbonyl (C=O) groups is 1. The van der Waals surface area contributed by atoms with Crippen LogP contribution in [0.4, 0.5) is 8.78 Å². The minimum Gasteiger partial charge on any atom is -0.380 e. The Bertz CT molecular complexity index is 379. The van der Waals surface area contributed by atoms with Crippen LogP contribution in [0.15, 0.2) is 18.2 Å². The van der Waals surface area contributed by atoms with Crippen LogP contribution in [0.2, 0.25) is 0 Å². The summed E-state index contributed by atoms with van der Waals surface area (Å²) in [6.45, 7) is 1.62. The van der Waals surface area contributed by atoms with Crippen LogP contribution in [0.5, 0.6) is 0 Å². The van der Waals surface area contributed by atoms with Crippen molar-refractivity contribution in [3.05, 3.63) is 35.4 Å². The SMILES string of the molecule is NCCOCCCNC(=O)c1c(F)cccc1F. The van der Waals surface area contributed by atoms with E-state index < -0.39 is 23.1 Å². The molecule has 0 aliphatic carbocycles. The van der Waals surface area contributed by atoms with Gasteiger partial charge in [0.1, 0.15) is 17.2 Å². The van der Waals surface area contributed by atoms with Gasteiger partial charge in [0.05, 0.1) is 6.61 Å². The largest absolute Gasteiger partial charge is 0.380 e. The fraction of sp³-hybridized carbons (Fsp3) is 0.417. The van der Waals surface area contributed by atoms with Crippen LogP contribution in [-0.2, 0) is 4.74 Å². The number of nitrogens with one attached hydrogen (secondary N) is 1. The molecule has 0 spiro atoms. The average Bonchev–Trinajstić information content (AvgIpc) is 2.33. The second-order valence-electron chi connectivity index (χ2n) is 3.61. The third-order valence-electron chi connectivity index (χ3n) is 2.20. The van der Waals surface area contributed by atoms with Gasteiger partial charge in [-0.15, -0.1) is 0 Å². The Morgan fingerprint density at radius 2 is 1.94 bits per heavy atom. The Kier molecular flexibility index (Phi) is 6.24. The quantitative estimate of drug-likeness (QED) is 0.719. The number of nitrogens with two attached hydrogens (primary N) is 1. The minimum absolute atomic E-state index is 0.289. The number of rotatable bonds is 7. The van der Waals surface area contributed by atoms with Crippen LogP contribution >= 0.6 is 0 Å². The van der Waals surface area contributed by atoms with Crippen molar-refractivity contribution in [1.29, 1.82) is 0 Å². The van der Waals surface area contributed by atoms with Crippen molar-refractivity contribution in [2.24, 2.45) is 5.73 Å². The molecule has 18 heavy (non-hydrogen) atoms. The van der Waals surface area contributed by atoms with E-state index in [1.165, 1.54) is 6.07 Å². The summed E-state index contributed by atoms with van der Waals surface area (Å²) in [5.41, 5.74) is 4.67. The lowest BCUT2D eigenvalue weighted by Crippen LogP contribution is -2.27. The van der Waals surface area contributed by atoms with Crippen LogP contribution in [0.1, 0.15) is 16.8 Å². The topological polar surface area (TPSA) is 64.3 Å². The van der Waals surface area contributed by atoms with Gasteiger partial charge >= 0.3 is 0 Å². The number of benzene rings is 1. The summed E-state index contributed by atoms with van der Waals surface area (Å²) >= 11 is 0. The predicted molar refractivity (Wildman–Crippen MR) is 63.2 cm³/mol. The van der Waals surface area contributed by atoms with E-state index in [9.17, 15) is 13.6 Å². The van der Waals surface area contributed by atoms with Crippen molar-refractivity contribution >= 4 is 5.91 Å². The van der Waals surface area contributed by atoms with E-state index >= 15 is 0 Å². The van der Waals surface area contributed by atoms with E-state index in [1.54, 1.807) is 0 Å². The smallest absolute Gasteiger partial charge is 0.257 e. The summed E-state index contributed by atoms with van der Waals surface area (Å²) in [4.78, 5) is 11.5. The summed E-state index contributed by atoms with van der Waals surface area (Å²) < 4.78 is 31.6. The Morgan fingerprint density at radius 3 is 2.56 bits per heavy atom. The van der Waals surface area contributed by atoms with E-state index in [2.05, 4.69) is 5.32 Å². The first-order valence-corrected chi connectivity index (χ1v) is 5.67. The molecule has 0 aliphatic rings. The maximum atomic E-state index is 13.2. The Morgan fingerprint density at radius 1 is 1.28 bits per heavy atom. The molecule has 0 heterocycles. The number of hydrogen-bond donors (Lipinski definition) is 2. The molecule has 0 aliphatic heterocycles. The highest BCUT2D eigenvalue weighted by Gasteiger charge is 2.15. The molecule has 0 saturated carbocycles. The minimum atomic E-state index is -0.869. The van der Waals surface area contributed by atoms with E-state index in [4.69, 9.17) is 10.5 Å². The molecular formula is C12H16F2N2O2. The second-order valence-corrected chi connectivity index (χ2v) is 3.61. The zero-order chi connectivity index (χ0) is 13.4. The van der Waals surface area contributed by atoms with Crippen molar-refractivity contribution in [3.63, 3.8) is 0 Å². The fourth-order valence-electron chi connectivity index (χ4n) is 1.36. The molecule has 100 valence electrons. The van der Waals surface area contributed by atoms with E-state index in [0.29, 0.717) is 26.2 Å². The number of hydrogen-bond acceptors (Lipinski definition) is 3. The molecule has 0 atom stereocenters. The van der Waals surface area contributed by atoms with Gasteiger partial charge in [0.25, 0.3) is 5.91 Å². The number of carbonyl (C=O) groups excluding carboxylic acids is 1. The molecule has 3 N–H and O–H groups in total. The summed E-state index contributed by atoms with van der Waals surface area (Å²) in [5.74, 6) is -2.50. The van der Waals surface area contributed by atoms with Crippen molar-refractivity contribution in [2.75, 3.05) is 26.3 Å². The predicted octanol–water partition coefficient (Wildman–Crippen LogP) is 1.06. The third kappa shape index (κ3) is 4.38. The van der Waals surface area contributed by atoms with Gasteiger partial charge in [-0.05, 0) is 18.6 Å². The Labute approximate surface area is 104 Å². The lowest BCUT2D eigenvalue weighted by atomic mass is 10.2. The summed E-state index contributed by atoms with van der Waals surface area (Å²) in [6.07, 6.45) is 0.557. The molecule has 4 nitrogen and oxygen atoms in total. The monoisotopic (exact) mass is 258 g/mol. The van der Waals surface area contributed by atoms with Crippen LogP contribution in [-0.4, -0.2) is 32.2 Å². The van der Waals surface area contributed by atoms with E-state index in [-0.39, 0.29) is 6.54 Å². The first-order chi connectivity index (χ1) is 8.66. The number of ether oxygens (including phenoxy) is 1. The highest BCUT2D eigenvalue weighted by molar-refractivity contribution is 5.94. The van der Waals surface area contributed by atoms with Crippen molar-refractivity contribution in [3.8, 4) is 0 Å². The number of halogens is 2. The first-order valence-electron chi connectivity index (χ1n) is 5.67.